The maximum absolute atomic E-state index is 13.3. The molecule has 0 amide bonds. The smallest absolute Gasteiger partial charge is 0.417 e. The van der Waals surface area contributed by atoms with Gasteiger partial charge in [-0.3, -0.25) is 4.55 Å². The molecule has 26 heavy (non-hydrogen) atoms. The van der Waals surface area contributed by atoms with Crippen molar-refractivity contribution >= 4 is 26.8 Å². The zero-order valence-corrected chi connectivity index (χ0v) is 14.7. The maximum atomic E-state index is 13.3. The quantitative estimate of drug-likeness (QED) is 0.602. The van der Waals surface area contributed by atoms with Crippen LogP contribution in [0.4, 0.5) is 18.9 Å². The third-order valence-corrected chi connectivity index (χ3v) is 5.13. The molecule has 1 aliphatic heterocycles. The van der Waals surface area contributed by atoms with Crippen molar-refractivity contribution in [1.29, 1.82) is 0 Å². The predicted molar refractivity (Wildman–Crippen MR) is 89.0 cm³/mol. The average Bonchev–Trinajstić information content (AvgIpc) is 2.40. The van der Waals surface area contributed by atoms with Crippen LogP contribution in [0, 0.1) is 0 Å². The van der Waals surface area contributed by atoms with Gasteiger partial charge in [0.25, 0.3) is 10.1 Å². The Bertz CT molecular complexity index is 1040. The van der Waals surface area contributed by atoms with Gasteiger partial charge in [-0.1, -0.05) is 0 Å². The number of benzene rings is 1. The normalized spacial score (nSPS) is 19.8. The van der Waals surface area contributed by atoms with Gasteiger partial charge in [-0.25, -0.2) is 4.79 Å². The van der Waals surface area contributed by atoms with E-state index in [4.69, 9.17) is 4.42 Å². The maximum Gasteiger partial charge on any atom is 0.417 e. The SMILES string of the molecule is CC1(C)CC(CS(=O)(=O)O)c2cc3c(C(F)(F)F)cc(=O)oc3cc2N1. The number of halogens is 3. The molecule has 0 saturated heterocycles. The van der Waals surface area contributed by atoms with E-state index in [0.29, 0.717) is 17.3 Å². The van der Waals surface area contributed by atoms with Crippen LogP contribution >= 0.6 is 0 Å². The van der Waals surface area contributed by atoms with Crippen molar-refractivity contribution in [3.63, 3.8) is 0 Å². The van der Waals surface area contributed by atoms with Gasteiger partial charge in [0.2, 0.25) is 0 Å². The first-order valence-electron chi connectivity index (χ1n) is 7.67. The Kier molecular flexibility index (Phi) is 4.11. The van der Waals surface area contributed by atoms with Crippen molar-refractivity contribution in [2.75, 3.05) is 11.1 Å². The van der Waals surface area contributed by atoms with Gasteiger partial charge in [0.15, 0.2) is 0 Å². The van der Waals surface area contributed by atoms with E-state index in [2.05, 4.69) is 5.32 Å². The average molecular weight is 391 g/mol. The van der Waals surface area contributed by atoms with Gasteiger partial charge in [-0.05, 0) is 31.9 Å². The Morgan fingerprint density at radius 1 is 1.31 bits per heavy atom. The van der Waals surface area contributed by atoms with Crippen molar-refractivity contribution in [2.24, 2.45) is 0 Å². The Hall–Kier alpha value is -2.07. The molecule has 2 aromatic rings. The fraction of sp³-hybridized carbons (Fsp3) is 0.438. The number of nitrogens with one attached hydrogen (secondary N) is 1. The molecule has 1 aliphatic rings. The van der Waals surface area contributed by atoms with Crippen LogP contribution in [0.15, 0.2) is 27.4 Å². The molecule has 1 aromatic carbocycles. The molecule has 0 bridgehead atoms. The minimum absolute atomic E-state index is 0.251. The fourth-order valence-corrected chi connectivity index (χ4v) is 4.26. The molecule has 1 atom stereocenters. The Balaban J connectivity index is 2.29. The Morgan fingerprint density at radius 3 is 2.54 bits per heavy atom. The third-order valence-electron chi connectivity index (χ3n) is 4.30. The summed E-state index contributed by atoms with van der Waals surface area (Å²) in [5.41, 5.74) is -2.42. The fourth-order valence-electron chi connectivity index (χ4n) is 3.45. The third kappa shape index (κ3) is 3.70. The van der Waals surface area contributed by atoms with Crippen molar-refractivity contribution in [3.8, 4) is 0 Å². The van der Waals surface area contributed by atoms with E-state index in [-0.39, 0.29) is 17.4 Å². The molecular weight excluding hydrogens is 375 g/mol. The van der Waals surface area contributed by atoms with Gasteiger partial charge in [-0.15, -0.1) is 0 Å². The second kappa shape index (κ2) is 5.71. The molecule has 6 nitrogen and oxygen atoms in total. The molecule has 0 radical (unpaired) electrons. The largest absolute Gasteiger partial charge is 0.423 e. The summed E-state index contributed by atoms with van der Waals surface area (Å²) in [5.74, 6) is -1.33. The summed E-state index contributed by atoms with van der Waals surface area (Å²) in [7, 11) is -4.34. The highest BCUT2D eigenvalue weighted by Gasteiger charge is 2.37. The molecule has 10 heteroatoms. The van der Waals surface area contributed by atoms with Crippen LogP contribution in [-0.4, -0.2) is 24.3 Å². The van der Waals surface area contributed by atoms with E-state index in [1.54, 1.807) is 13.8 Å². The molecule has 0 saturated carbocycles. The molecule has 0 spiro atoms. The first-order chi connectivity index (χ1) is 11.8. The zero-order chi connectivity index (χ0) is 19.5. The number of fused-ring (bicyclic) bond motifs is 2. The van der Waals surface area contributed by atoms with Gasteiger partial charge in [-0.2, -0.15) is 21.6 Å². The number of anilines is 1. The van der Waals surface area contributed by atoms with Crippen LogP contribution in [-0.2, 0) is 16.3 Å². The van der Waals surface area contributed by atoms with Crippen LogP contribution in [0.25, 0.3) is 11.0 Å². The molecule has 2 N–H and O–H groups in total. The van der Waals surface area contributed by atoms with Gasteiger partial charge in [0.1, 0.15) is 5.58 Å². The van der Waals surface area contributed by atoms with Crippen molar-refractivity contribution in [1.82, 2.24) is 0 Å². The Morgan fingerprint density at radius 2 is 1.96 bits per heavy atom. The highest BCUT2D eigenvalue weighted by Crippen LogP contribution is 2.43. The molecular formula is C16H16F3NO5S. The number of hydrogen-bond acceptors (Lipinski definition) is 5. The molecule has 0 fully saturated rings. The first-order valence-corrected chi connectivity index (χ1v) is 9.28. The van der Waals surface area contributed by atoms with Crippen LogP contribution in [0.2, 0.25) is 0 Å². The lowest BCUT2D eigenvalue weighted by Crippen LogP contribution is -2.39. The summed E-state index contributed by atoms with van der Waals surface area (Å²) in [4.78, 5) is 11.5. The lowest BCUT2D eigenvalue weighted by atomic mass is 9.81. The number of alkyl halides is 3. The van der Waals surface area contributed by atoms with Gasteiger partial charge < -0.3 is 9.73 Å². The predicted octanol–water partition coefficient (Wildman–Crippen LogP) is 3.38. The van der Waals surface area contributed by atoms with Crippen LogP contribution in [0.3, 0.4) is 0 Å². The van der Waals surface area contributed by atoms with Crippen LogP contribution < -0.4 is 10.9 Å². The van der Waals surface area contributed by atoms with Crippen molar-refractivity contribution in [2.45, 2.75) is 37.9 Å². The molecule has 3 rings (SSSR count). The topological polar surface area (TPSA) is 96.6 Å². The summed E-state index contributed by atoms with van der Waals surface area (Å²) in [6.45, 7) is 3.58. The highest BCUT2D eigenvalue weighted by atomic mass is 32.2. The van der Waals surface area contributed by atoms with E-state index in [1.807, 2.05) is 0 Å². The molecule has 142 valence electrons. The van der Waals surface area contributed by atoms with E-state index in [0.717, 1.165) is 0 Å². The second-order valence-corrected chi connectivity index (χ2v) is 8.57. The van der Waals surface area contributed by atoms with Gasteiger partial charge >= 0.3 is 11.8 Å². The number of rotatable bonds is 2. The standard InChI is InChI=1S/C16H16F3NO5S/c1-15(2)6-8(7-26(22,23)24)9-3-10-11(16(17,18)19)4-14(21)25-13(10)5-12(9)20-15/h3-5,8,20H,6-7H2,1-2H3,(H,22,23,24). The summed E-state index contributed by atoms with van der Waals surface area (Å²) in [6.07, 6.45) is -4.49. The van der Waals surface area contributed by atoms with Crippen molar-refractivity contribution < 1.29 is 30.6 Å². The minimum atomic E-state index is -4.78. The molecule has 0 aliphatic carbocycles. The second-order valence-electron chi connectivity index (χ2n) is 7.07. The van der Waals surface area contributed by atoms with E-state index < -0.39 is 44.7 Å². The highest BCUT2D eigenvalue weighted by molar-refractivity contribution is 7.85. The Labute approximate surface area is 146 Å². The monoisotopic (exact) mass is 391 g/mol. The number of hydrogen-bond donors (Lipinski definition) is 2. The first kappa shape index (κ1) is 18.7. The van der Waals surface area contributed by atoms with E-state index in [9.17, 15) is 30.9 Å². The van der Waals surface area contributed by atoms with E-state index >= 15 is 0 Å². The van der Waals surface area contributed by atoms with Crippen molar-refractivity contribution in [3.05, 3.63) is 39.7 Å². The van der Waals surface area contributed by atoms with Crippen LogP contribution in [0.5, 0.6) is 0 Å². The lowest BCUT2D eigenvalue weighted by molar-refractivity contribution is -0.136. The molecule has 1 unspecified atom stereocenters. The van der Waals surface area contributed by atoms with Gasteiger partial charge in [0, 0.05) is 34.7 Å². The van der Waals surface area contributed by atoms with Gasteiger partial charge in [0.05, 0.1) is 11.3 Å². The minimum Gasteiger partial charge on any atom is -0.423 e. The molecule has 2 heterocycles. The summed E-state index contributed by atoms with van der Waals surface area (Å²) in [5, 5.41) is 2.77. The van der Waals surface area contributed by atoms with Crippen LogP contribution in [0.1, 0.15) is 37.3 Å². The summed E-state index contributed by atoms with van der Waals surface area (Å²) >= 11 is 0. The summed E-state index contributed by atoms with van der Waals surface area (Å²) in [6, 6.07) is 2.81. The zero-order valence-electron chi connectivity index (χ0n) is 13.8. The lowest BCUT2D eigenvalue weighted by Gasteiger charge is -2.38. The van der Waals surface area contributed by atoms with E-state index in [1.165, 1.54) is 12.1 Å². The molecule has 1 aromatic heterocycles. The summed E-state index contributed by atoms with van der Waals surface area (Å²) < 4.78 is 76.7.